The van der Waals surface area contributed by atoms with Crippen molar-refractivity contribution >= 4 is 22.5 Å². The van der Waals surface area contributed by atoms with Crippen LogP contribution < -0.4 is 0 Å². The summed E-state index contributed by atoms with van der Waals surface area (Å²) >= 11 is 6.58. The zero-order valence-electron chi connectivity index (χ0n) is 15.2. The van der Waals surface area contributed by atoms with Crippen molar-refractivity contribution in [1.29, 1.82) is 0 Å². The zero-order valence-corrected chi connectivity index (χ0v) is 15.9. The van der Waals surface area contributed by atoms with Crippen molar-refractivity contribution in [3.63, 3.8) is 0 Å². The third kappa shape index (κ3) is 3.02. The van der Waals surface area contributed by atoms with E-state index in [0.717, 1.165) is 38.6 Å². The average Bonchev–Trinajstić information content (AvgIpc) is 3.12. The predicted molar refractivity (Wildman–Crippen MR) is 111 cm³/mol. The second kappa shape index (κ2) is 6.62. The Labute approximate surface area is 158 Å². The minimum Gasteiger partial charge on any atom is -0.353 e. The maximum Gasteiger partial charge on any atom is 0.0887 e. The standard InChI is InChI=1S/C23H21ClN2/c1-14(2)17-5-4-6-18-19(24)13-22(26-23(17)18)21-12-11-20(25-21)16-9-7-15(3)8-10-16/h4-14,25H,1-3H3. The molecule has 2 nitrogen and oxygen atoms in total. The summed E-state index contributed by atoms with van der Waals surface area (Å²) in [5, 5.41) is 1.74. The Morgan fingerprint density at radius 3 is 2.38 bits per heavy atom. The summed E-state index contributed by atoms with van der Waals surface area (Å²) in [5.74, 6) is 0.393. The van der Waals surface area contributed by atoms with Crippen LogP contribution in [0.25, 0.3) is 33.5 Å². The van der Waals surface area contributed by atoms with Gasteiger partial charge in [0.05, 0.1) is 21.9 Å². The summed E-state index contributed by atoms with van der Waals surface area (Å²) in [7, 11) is 0. The summed E-state index contributed by atoms with van der Waals surface area (Å²) in [6, 6.07) is 20.8. The largest absolute Gasteiger partial charge is 0.353 e. The van der Waals surface area contributed by atoms with Crippen LogP contribution in [0.4, 0.5) is 0 Å². The molecule has 4 aromatic rings. The molecule has 0 atom stereocenters. The Kier molecular flexibility index (Phi) is 4.29. The van der Waals surface area contributed by atoms with Crippen molar-refractivity contribution in [2.75, 3.05) is 0 Å². The molecule has 26 heavy (non-hydrogen) atoms. The number of rotatable bonds is 3. The summed E-state index contributed by atoms with van der Waals surface area (Å²) in [6.45, 7) is 6.46. The van der Waals surface area contributed by atoms with Crippen molar-refractivity contribution in [2.45, 2.75) is 26.7 Å². The molecule has 0 saturated heterocycles. The summed E-state index contributed by atoms with van der Waals surface area (Å²) in [6.07, 6.45) is 0. The molecule has 3 heteroatoms. The number of aromatic amines is 1. The number of aromatic nitrogens is 2. The lowest BCUT2D eigenvalue weighted by molar-refractivity contribution is 0.873. The molecule has 0 radical (unpaired) electrons. The van der Waals surface area contributed by atoms with Gasteiger partial charge in [-0.2, -0.15) is 0 Å². The fourth-order valence-corrected chi connectivity index (χ4v) is 3.54. The number of nitrogens with zero attached hydrogens (tertiary/aromatic N) is 1. The maximum absolute atomic E-state index is 6.58. The Morgan fingerprint density at radius 1 is 0.923 bits per heavy atom. The van der Waals surface area contributed by atoms with E-state index < -0.39 is 0 Å². The van der Waals surface area contributed by atoms with Gasteiger partial charge in [-0.15, -0.1) is 0 Å². The molecular formula is C23H21ClN2. The first kappa shape index (κ1) is 16.9. The molecule has 0 fully saturated rings. The van der Waals surface area contributed by atoms with Gasteiger partial charge in [0.25, 0.3) is 0 Å². The minimum absolute atomic E-state index is 0.393. The van der Waals surface area contributed by atoms with E-state index in [4.69, 9.17) is 16.6 Å². The molecule has 1 N–H and O–H groups in total. The van der Waals surface area contributed by atoms with Crippen molar-refractivity contribution in [1.82, 2.24) is 9.97 Å². The predicted octanol–water partition coefficient (Wildman–Crippen LogP) is 6.98. The van der Waals surface area contributed by atoms with Crippen LogP contribution in [0.3, 0.4) is 0 Å². The highest BCUT2D eigenvalue weighted by Gasteiger charge is 2.13. The number of fused-ring (bicyclic) bond motifs is 1. The van der Waals surface area contributed by atoms with Gasteiger partial charge in [0, 0.05) is 11.1 Å². The third-order valence-corrected chi connectivity index (χ3v) is 5.08. The van der Waals surface area contributed by atoms with Crippen LogP contribution in [0.2, 0.25) is 5.02 Å². The van der Waals surface area contributed by atoms with Gasteiger partial charge < -0.3 is 4.98 Å². The van der Waals surface area contributed by atoms with Crippen LogP contribution in [0.15, 0.2) is 60.7 Å². The Morgan fingerprint density at radius 2 is 1.65 bits per heavy atom. The Hall–Kier alpha value is -2.58. The Bertz CT molecular complexity index is 1080. The first-order valence-electron chi connectivity index (χ1n) is 8.88. The van der Waals surface area contributed by atoms with Gasteiger partial charge >= 0.3 is 0 Å². The number of benzene rings is 2. The molecule has 0 unspecified atom stereocenters. The molecule has 0 spiro atoms. The molecule has 2 heterocycles. The minimum atomic E-state index is 0.393. The van der Waals surface area contributed by atoms with Crippen LogP contribution >= 0.6 is 11.6 Å². The second-order valence-corrected chi connectivity index (χ2v) is 7.45. The fraction of sp³-hybridized carbons (Fsp3) is 0.174. The van der Waals surface area contributed by atoms with E-state index in [1.165, 1.54) is 11.1 Å². The number of nitrogens with one attached hydrogen (secondary N) is 1. The first-order chi connectivity index (χ1) is 12.5. The highest BCUT2D eigenvalue weighted by molar-refractivity contribution is 6.35. The van der Waals surface area contributed by atoms with Crippen LogP contribution in [-0.2, 0) is 0 Å². The highest BCUT2D eigenvalue weighted by Crippen LogP contribution is 2.33. The highest BCUT2D eigenvalue weighted by atomic mass is 35.5. The number of hydrogen-bond acceptors (Lipinski definition) is 1. The van der Waals surface area contributed by atoms with Crippen molar-refractivity contribution < 1.29 is 0 Å². The van der Waals surface area contributed by atoms with Gasteiger partial charge in [-0.25, -0.2) is 4.98 Å². The third-order valence-electron chi connectivity index (χ3n) is 4.77. The molecule has 2 aromatic carbocycles. The number of aryl methyl sites for hydroxylation is 1. The number of halogens is 1. The van der Waals surface area contributed by atoms with Crippen LogP contribution in [-0.4, -0.2) is 9.97 Å². The quantitative estimate of drug-likeness (QED) is 0.419. The van der Waals surface area contributed by atoms with Gasteiger partial charge in [-0.3, -0.25) is 0 Å². The van der Waals surface area contributed by atoms with Crippen molar-refractivity contribution in [3.05, 3.63) is 76.8 Å². The van der Waals surface area contributed by atoms with Crippen molar-refractivity contribution in [2.24, 2.45) is 0 Å². The van der Waals surface area contributed by atoms with E-state index in [2.05, 4.69) is 74.3 Å². The Balaban J connectivity index is 1.82. The normalized spacial score (nSPS) is 11.4. The first-order valence-corrected chi connectivity index (χ1v) is 9.26. The van der Waals surface area contributed by atoms with Crippen LogP contribution in [0.5, 0.6) is 0 Å². The number of para-hydroxylation sites is 1. The lowest BCUT2D eigenvalue weighted by Crippen LogP contribution is -1.94. The topological polar surface area (TPSA) is 28.7 Å². The lowest BCUT2D eigenvalue weighted by atomic mass is 9.99. The van der Waals surface area contributed by atoms with E-state index in [1.807, 2.05) is 12.1 Å². The number of H-pyrrole nitrogens is 1. The summed E-state index contributed by atoms with van der Waals surface area (Å²) in [4.78, 5) is 8.42. The zero-order chi connectivity index (χ0) is 18.3. The van der Waals surface area contributed by atoms with Gasteiger partial charge in [0.2, 0.25) is 0 Å². The monoisotopic (exact) mass is 360 g/mol. The van der Waals surface area contributed by atoms with Crippen LogP contribution in [0, 0.1) is 6.92 Å². The van der Waals surface area contributed by atoms with Gasteiger partial charge in [0.15, 0.2) is 0 Å². The van der Waals surface area contributed by atoms with E-state index in [-0.39, 0.29) is 0 Å². The molecule has 0 aliphatic rings. The molecule has 4 rings (SSSR count). The molecule has 2 aromatic heterocycles. The van der Waals surface area contributed by atoms with Gasteiger partial charge in [0.1, 0.15) is 0 Å². The average molecular weight is 361 g/mol. The van der Waals surface area contributed by atoms with E-state index in [0.29, 0.717) is 5.92 Å². The molecule has 0 aliphatic carbocycles. The SMILES string of the molecule is Cc1ccc(-c2ccc(-c3cc(Cl)c4cccc(C(C)C)c4n3)[nH]2)cc1. The van der Waals surface area contributed by atoms with E-state index in [9.17, 15) is 0 Å². The molecule has 0 bridgehead atoms. The second-order valence-electron chi connectivity index (χ2n) is 7.04. The molecule has 0 aliphatic heterocycles. The fourth-order valence-electron chi connectivity index (χ4n) is 3.28. The van der Waals surface area contributed by atoms with Crippen molar-refractivity contribution in [3.8, 4) is 22.6 Å². The van der Waals surface area contributed by atoms with Crippen LogP contribution in [0.1, 0.15) is 30.9 Å². The summed E-state index contributed by atoms with van der Waals surface area (Å²) in [5.41, 5.74) is 7.54. The molecule has 0 saturated carbocycles. The lowest BCUT2D eigenvalue weighted by Gasteiger charge is -2.11. The molecule has 130 valence electrons. The van der Waals surface area contributed by atoms with Gasteiger partial charge in [-0.1, -0.05) is 73.5 Å². The van der Waals surface area contributed by atoms with Gasteiger partial charge in [-0.05, 0) is 42.2 Å². The molecule has 0 amide bonds. The van der Waals surface area contributed by atoms with E-state index in [1.54, 1.807) is 0 Å². The number of pyridine rings is 1. The maximum atomic E-state index is 6.58. The molecular weight excluding hydrogens is 340 g/mol. The smallest absolute Gasteiger partial charge is 0.0887 e. The number of hydrogen-bond donors (Lipinski definition) is 1. The van der Waals surface area contributed by atoms with E-state index >= 15 is 0 Å². The summed E-state index contributed by atoms with van der Waals surface area (Å²) < 4.78 is 0.